The predicted molar refractivity (Wildman–Crippen MR) is 89.6 cm³/mol. The van der Waals surface area contributed by atoms with Crippen molar-refractivity contribution >= 4 is 0 Å². The van der Waals surface area contributed by atoms with Crippen LogP contribution < -0.4 is 5.32 Å². The molecule has 2 fully saturated rings. The molecule has 0 aromatic heterocycles. The van der Waals surface area contributed by atoms with Gasteiger partial charge in [-0.2, -0.15) is 0 Å². The number of hydrogen-bond donors (Lipinski definition) is 2. The van der Waals surface area contributed by atoms with Crippen LogP contribution in [0.5, 0.6) is 0 Å². The zero-order chi connectivity index (χ0) is 15.1. The second-order valence-electron chi connectivity index (χ2n) is 7.24. The van der Waals surface area contributed by atoms with Gasteiger partial charge in [-0.05, 0) is 70.5 Å². The maximum atomic E-state index is 9.97. The van der Waals surface area contributed by atoms with E-state index in [-0.39, 0.29) is 5.54 Å². The topological polar surface area (TPSA) is 35.5 Å². The number of aliphatic hydroxyl groups excluding tert-OH is 1. The van der Waals surface area contributed by atoms with Crippen LogP contribution in [0.2, 0.25) is 0 Å². The van der Waals surface area contributed by atoms with Crippen molar-refractivity contribution < 1.29 is 5.11 Å². The highest BCUT2D eigenvalue weighted by atomic mass is 16.3. The molecule has 0 saturated heterocycles. The first-order chi connectivity index (χ1) is 10.3. The normalized spacial score (nSPS) is 29.4. The summed E-state index contributed by atoms with van der Waals surface area (Å²) in [6.07, 6.45) is 11.6. The minimum absolute atomic E-state index is 0.0238. The Morgan fingerprint density at radius 1 is 1.14 bits per heavy atom. The van der Waals surface area contributed by atoms with Crippen LogP contribution in [0.1, 0.15) is 71.6 Å². The molecule has 0 aromatic carbocycles. The van der Waals surface area contributed by atoms with Crippen LogP contribution in [-0.4, -0.2) is 47.8 Å². The van der Waals surface area contributed by atoms with Gasteiger partial charge >= 0.3 is 0 Å². The van der Waals surface area contributed by atoms with Gasteiger partial charge in [-0.15, -0.1) is 0 Å². The van der Waals surface area contributed by atoms with Gasteiger partial charge in [-0.25, -0.2) is 0 Å². The van der Waals surface area contributed by atoms with Crippen LogP contribution in [0.3, 0.4) is 0 Å². The average Bonchev–Trinajstić information content (AvgIpc) is 3.27. The van der Waals surface area contributed by atoms with Crippen molar-refractivity contribution in [1.82, 2.24) is 10.2 Å². The van der Waals surface area contributed by atoms with E-state index in [1.807, 2.05) is 0 Å². The Kier molecular flexibility index (Phi) is 6.97. The van der Waals surface area contributed by atoms with Gasteiger partial charge in [-0.3, -0.25) is 0 Å². The van der Waals surface area contributed by atoms with Gasteiger partial charge in [0.1, 0.15) is 0 Å². The average molecular weight is 296 g/mol. The molecule has 0 radical (unpaired) electrons. The molecular weight excluding hydrogens is 260 g/mol. The molecule has 2 unspecified atom stereocenters. The Morgan fingerprint density at radius 2 is 1.95 bits per heavy atom. The minimum Gasteiger partial charge on any atom is -0.394 e. The highest BCUT2D eigenvalue weighted by molar-refractivity contribution is 4.99. The Balaban J connectivity index is 1.84. The lowest BCUT2D eigenvalue weighted by Gasteiger charge is -2.36. The summed E-state index contributed by atoms with van der Waals surface area (Å²) in [6.45, 7) is 8.37. The van der Waals surface area contributed by atoms with Crippen molar-refractivity contribution in [1.29, 1.82) is 0 Å². The molecule has 2 atom stereocenters. The van der Waals surface area contributed by atoms with E-state index in [1.54, 1.807) is 0 Å². The van der Waals surface area contributed by atoms with E-state index >= 15 is 0 Å². The Labute approximate surface area is 131 Å². The number of hydrogen-bond acceptors (Lipinski definition) is 3. The van der Waals surface area contributed by atoms with Crippen molar-refractivity contribution in [2.24, 2.45) is 5.92 Å². The number of unbranched alkanes of at least 4 members (excludes halogenated alkanes) is 1. The lowest BCUT2D eigenvalue weighted by molar-refractivity contribution is 0.110. The molecule has 2 aliphatic carbocycles. The molecule has 0 aliphatic heterocycles. The zero-order valence-corrected chi connectivity index (χ0v) is 14.2. The van der Waals surface area contributed by atoms with Gasteiger partial charge in [0.15, 0.2) is 0 Å². The fourth-order valence-corrected chi connectivity index (χ4v) is 4.04. The van der Waals surface area contributed by atoms with Gasteiger partial charge in [0, 0.05) is 11.6 Å². The number of nitrogens with zero attached hydrogens (tertiary/aromatic N) is 1. The lowest BCUT2D eigenvalue weighted by Crippen LogP contribution is -2.52. The van der Waals surface area contributed by atoms with Crippen LogP contribution in [0.25, 0.3) is 0 Å². The van der Waals surface area contributed by atoms with E-state index in [1.165, 1.54) is 58.0 Å². The molecular formula is C18H36N2O. The predicted octanol–water partition coefficient (Wildman–Crippen LogP) is 3.17. The summed E-state index contributed by atoms with van der Waals surface area (Å²) in [6, 6.07) is 0.880. The maximum absolute atomic E-state index is 9.97. The summed E-state index contributed by atoms with van der Waals surface area (Å²) in [5, 5.41) is 13.7. The van der Waals surface area contributed by atoms with Crippen LogP contribution in [-0.2, 0) is 0 Å². The van der Waals surface area contributed by atoms with Crippen molar-refractivity contribution in [3.05, 3.63) is 0 Å². The molecule has 2 N–H and O–H groups in total. The van der Waals surface area contributed by atoms with E-state index in [2.05, 4.69) is 24.1 Å². The molecule has 2 rings (SSSR count). The van der Waals surface area contributed by atoms with Crippen LogP contribution in [0.15, 0.2) is 0 Å². The molecule has 0 bridgehead atoms. The fraction of sp³-hybridized carbons (Fsp3) is 1.00. The third-order valence-electron chi connectivity index (χ3n) is 5.59. The van der Waals surface area contributed by atoms with E-state index in [0.29, 0.717) is 12.5 Å². The highest BCUT2D eigenvalue weighted by Gasteiger charge is 2.42. The molecule has 0 aromatic rings. The SMILES string of the molecule is CCCCN(CCC1CCCC1(CO)NCCC)C1CC1. The summed E-state index contributed by atoms with van der Waals surface area (Å²) < 4.78 is 0. The summed E-state index contributed by atoms with van der Waals surface area (Å²) in [7, 11) is 0. The van der Waals surface area contributed by atoms with E-state index < -0.39 is 0 Å². The second kappa shape index (κ2) is 8.50. The summed E-state index contributed by atoms with van der Waals surface area (Å²) >= 11 is 0. The zero-order valence-electron chi connectivity index (χ0n) is 14.2. The van der Waals surface area contributed by atoms with Gasteiger partial charge in [0.2, 0.25) is 0 Å². The molecule has 124 valence electrons. The summed E-state index contributed by atoms with van der Waals surface area (Å²) in [5.41, 5.74) is 0.0238. The molecule has 3 heteroatoms. The quantitative estimate of drug-likeness (QED) is 0.615. The van der Waals surface area contributed by atoms with Gasteiger partial charge < -0.3 is 15.3 Å². The number of rotatable bonds is 11. The number of nitrogens with one attached hydrogen (secondary N) is 1. The van der Waals surface area contributed by atoms with Crippen molar-refractivity contribution in [2.75, 3.05) is 26.2 Å². The standard InChI is InChI=1S/C18H36N2O/c1-3-5-13-20(17-8-9-17)14-10-16-7-6-11-18(16,15-21)19-12-4-2/h16-17,19,21H,3-15H2,1-2H3. The van der Waals surface area contributed by atoms with Gasteiger partial charge in [0.05, 0.1) is 6.61 Å². The molecule has 21 heavy (non-hydrogen) atoms. The number of aliphatic hydroxyl groups is 1. The molecule has 0 spiro atoms. The lowest BCUT2D eigenvalue weighted by atomic mass is 9.85. The third-order valence-corrected chi connectivity index (χ3v) is 5.59. The molecule has 0 heterocycles. The van der Waals surface area contributed by atoms with Crippen LogP contribution in [0, 0.1) is 5.92 Å². The van der Waals surface area contributed by atoms with Crippen molar-refractivity contribution in [3.8, 4) is 0 Å². The van der Waals surface area contributed by atoms with Gasteiger partial charge in [0.25, 0.3) is 0 Å². The van der Waals surface area contributed by atoms with Crippen LogP contribution in [0.4, 0.5) is 0 Å². The Bertz CT molecular complexity index is 293. The smallest absolute Gasteiger partial charge is 0.0616 e. The highest BCUT2D eigenvalue weighted by Crippen LogP contribution is 2.38. The molecule has 2 saturated carbocycles. The first-order valence-electron chi connectivity index (χ1n) is 9.35. The molecule has 0 amide bonds. The van der Waals surface area contributed by atoms with E-state index in [9.17, 15) is 5.11 Å². The monoisotopic (exact) mass is 296 g/mol. The minimum atomic E-state index is 0.0238. The van der Waals surface area contributed by atoms with Crippen LogP contribution >= 0.6 is 0 Å². The largest absolute Gasteiger partial charge is 0.394 e. The Morgan fingerprint density at radius 3 is 2.57 bits per heavy atom. The fourth-order valence-electron chi connectivity index (χ4n) is 4.04. The Hall–Kier alpha value is -0.120. The summed E-state index contributed by atoms with van der Waals surface area (Å²) in [4.78, 5) is 2.73. The first kappa shape index (κ1) is 17.2. The second-order valence-corrected chi connectivity index (χ2v) is 7.24. The molecule has 2 aliphatic rings. The maximum Gasteiger partial charge on any atom is 0.0616 e. The van der Waals surface area contributed by atoms with Gasteiger partial charge in [-0.1, -0.05) is 26.7 Å². The molecule has 3 nitrogen and oxygen atoms in total. The first-order valence-corrected chi connectivity index (χ1v) is 9.35. The van der Waals surface area contributed by atoms with Crippen molar-refractivity contribution in [2.45, 2.75) is 83.2 Å². The third kappa shape index (κ3) is 4.67. The van der Waals surface area contributed by atoms with E-state index in [0.717, 1.165) is 25.4 Å². The van der Waals surface area contributed by atoms with Crippen molar-refractivity contribution in [3.63, 3.8) is 0 Å². The van der Waals surface area contributed by atoms with E-state index in [4.69, 9.17) is 0 Å². The summed E-state index contributed by atoms with van der Waals surface area (Å²) in [5.74, 6) is 0.664.